The number of thioether (sulfide) groups is 1. The van der Waals surface area contributed by atoms with Crippen LogP contribution in [0.25, 0.3) is 0 Å². The van der Waals surface area contributed by atoms with Crippen molar-refractivity contribution in [1.82, 2.24) is 0 Å². The molecule has 1 aromatic carbocycles. The highest BCUT2D eigenvalue weighted by Gasteiger charge is 2.25. The topological polar surface area (TPSA) is 66.4 Å². The van der Waals surface area contributed by atoms with E-state index in [9.17, 15) is 9.59 Å². The highest BCUT2D eigenvalue weighted by atomic mass is 32.2. The van der Waals surface area contributed by atoms with E-state index >= 15 is 0 Å². The number of amides is 1. The van der Waals surface area contributed by atoms with Crippen molar-refractivity contribution < 1.29 is 14.7 Å². The van der Waals surface area contributed by atoms with Gasteiger partial charge in [0.1, 0.15) is 0 Å². The summed E-state index contributed by atoms with van der Waals surface area (Å²) < 4.78 is 0. The molecular weight excluding hydrogens is 262 g/mol. The lowest BCUT2D eigenvalue weighted by Crippen LogP contribution is -2.30. The molecule has 0 radical (unpaired) electrons. The summed E-state index contributed by atoms with van der Waals surface area (Å²) in [6, 6.07) is 7.24. The fourth-order valence-electron chi connectivity index (χ4n) is 1.29. The lowest BCUT2D eigenvalue weighted by atomic mass is 9.89. The maximum atomic E-state index is 12.1. The molecule has 1 rings (SSSR count). The summed E-state index contributed by atoms with van der Waals surface area (Å²) in [7, 11) is 0. The van der Waals surface area contributed by atoms with Gasteiger partial charge in [0.05, 0.1) is 11.4 Å². The normalized spacial score (nSPS) is 11.1. The van der Waals surface area contributed by atoms with E-state index in [2.05, 4.69) is 5.32 Å². The molecule has 0 aliphatic heterocycles. The molecule has 0 aliphatic rings. The lowest BCUT2D eigenvalue weighted by Gasteiger charge is -2.22. The molecule has 104 valence electrons. The Bertz CT molecular complexity index is 472. The van der Waals surface area contributed by atoms with Crippen LogP contribution in [-0.4, -0.2) is 22.7 Å². The Morgan fingerprint density at radius 3 is 2.53 bits per heavy atom. The molecule has 19 heavy (non-hydrogen) atoms. The van der Waals surface area contributed by atoms with Crippen molar-refractivity contribution in [1.29, 1.82) is 0 Å². The van der Waals surface area contributed by atoms with E-state index in [1.54, 1.807) is 6.07 Å². The van der Waals surface area contributed by atoms with Gasteiger partial charge in [-0.15, -0.1) is 11.8 Å². The first-order valence-electron chi connectivity index (χ1n) is 6.12. The Morgan fingerprint density at radius 2 is 1.95 bits per heavy atom. The maximum absolute atomic E-state index is 12.1. The van der Waals surface area contributed by atoms with Gasteiger partial charge in [-0.2, -0.15) is 0 Å². The first kappa shape index (κ1) is 15.6. The number of anilines is 1. The van der Waals surface area contributed by atoms with Crippen LogP contribution in [0, 0.1) is 5.41 Å². The van der Waals surface area contributed by atoms with Crippen molar-refractivity contribution in [3.8, 4) is 0 Å². The van der Waals surface area contributed by atoms with Gasteiger partial charge >= 0.3 is 5.97 Å². The summed E-state index contributed by atoms with van der Waals surface area (Å²) in [4.78, 5) is 23.5. The molecule has 1 amide bonds. The van der Waals surface area contributed by atoms with Crippen molar-refractivity contribution in [2.45, 2.75) is 32.1 Å². The average Bonchev–Trinajstić information content (AvgIpc) is 2.37. The van der Waals surface area contributed by atoms with E-state index in [1.807, 2.05) is 39.0 Å². The maximum Gasteiger partial charge on any atom is 0.313 e. The molecule has 0 aliphatic carbocycles. The van der Waals surface area contributed by atoms with E-state index < -0.39 is 11.4 Å². The van der Waals surface area contributed by atoms with Crippen molar-refractivity contribution in [2.24, 2.45) is 5.41 Å². The third-order valence-corrected chi connectivity index (χ3v) is 4.04. The van der Waals surface area contributed by atoms with Crippen LogP contribution in [0.15, 0.2) is 29.2 Å². The van der Waals surface area contributed by atoms with Gasteiger partial charge in [-0.05, 0) is 18.6 Å². The number of hydrogen-bond acceptors (Lipinski definition) is 3. The Labute approximate surface area is 117 Å². The van der Waals surface area contributed by atoms with Gasteiger partial charge in [0.15, 0.2) is 0 Å². The Morgan fingerprint density at radius 1 is 1.32 bits per heavy atom. The monoisotopic (exact) mass is 281 g/mol. The second kappa shape index (κ2) is 6.61. The Hall–Kier alpha value is -1.49. The molecular formula is C14H19NO3S. The van der Waals surface area contributed by atoms with E-state index in [1.165, 1.54) is 11.8 Å². The van der Waals surface area contributed by atoms with E-state index in [0.29, 0.717) is 5.69 Å². The van der Waals surface area contributed by atoms with E-state index in [0.717, 1.165) is 11.3 Å². The first-order chi connectivity index (χ1) is 8.86. The molecule has 0 aromatic heterocycles. The van der Waals surface area contributed by atoms with Gasteiger partial charge < -0.3 is 10.4 Å². The smallest absolute Gasteiger partial charge is 0.313 e. The summed E-state index contributed by atoms with van der Waals surface area (Å²) >= 11 is 1.20. The fraction of sp³-hybridized carbons (Fsp3) is 0.429. The van der Waals surface area contributed by atoms with Crippen LogP contribution in [0.5, 0.6) is 0 Å². The predicted octanol–water partition coefficient (Wildman–Crippen LogP) is 3.24. The minimum atomic E-state index is -0.875. The van der Waals surface area contributed by atoms with Gasteiger partial charge in [-0.1, -0.05) is 32.9 Å². The van der Waals surface area contributed by atoms with Crippen LogP contribution in [0.4, 0.5) is 5.69 Å². The number of nitrogens with one attached hydrogen (secondary N) is 1. The standard InChI is InChI=1S/C14H19NO3S/c1-4-14(2,3)13(18)15-10-7-5-6-8-11(10)19-9-12(16)17/h5-8H,4,9H2,1-3H3,(H,15,18)(H,16,17). The predicted molar refractivity (Wildman–Crippen MR) is 77.5 cm³/mol. The summed E-state index contributed by atoms with van der Waals surface area (Å²) in [5.41, 5.74) is 0.227. The number of carbonyl (C=O) groups is 2. The van der Waals surface area contributed by atoms with Crippen LogP contribution in [0.2, 0.25) is 0 Å². The number of para-hydroxylation sites is 1. The van der Waals surface area contributed by atoms with Gasteiger partial charge in [0.25, 0.3) is 0 Å². The number of carbonyl (C=O) groups excluding carboxylic acids is 1. The zero-order valence-electron chi connectivity index (χ0n) is 11.4. The van der Waals surface area contributed by atoms with Crippen molar-refractivity contribution in [3.05, 3.63) is 24.3 Å². The van der Waals surface area contributed by atoms with Crippen molar-refractivity contribution in [3.63, 3.8) is 0 Å². The zero-order chi connectivity index (χ0) is 14.5. The summed E-state index contributed by atoms with van der Waals surface area (Å²) in [5.74, 6) is -0.956. The van der Waals surface area contributed by atoms with Crippen LogP contribution in [0.3, 0.4) is 0 Å². The second-order valence-electron chi connectivity index (χ2n) is 4.87. The van der Waals surface area contributed by atoms with Gasteiger partial charge in [0.2, 0.25) is 5.91 Å². The number of aliphatic carboxylic acids is 1. The van der Waals surface area contributed by atoms with Crippen LogP contribution < -0.4 is 5.32 Å². The third kappa shape index (κ3) is 4.59. The highest BCUT2D eigenvalue weighted by molar-refractivity contribution is 8.00. The SMILES string of the molecule is CCC(C)(C)C(=O)Nc1ccccc1SCC(=O)O. The summed E-state index contributed by atoms with van der Waals surface area (Å²) in [5, 5.41) is 11.6. The molecule has 0 fully saturated rings. The molecule has 0 saturated heterocycles. The quantitative estimate of drug-likeness (QED) is 0.786. The van der Waals surface area contributed by atoms with Gasteiger partial charge in [-0.25, -0.2) is 0 Å². The molecule has 4 nitrogen and oxygen atoms in total. The summed E-state index contributed by atoms with van der Waals surface area (Å²) in [6.07, 6.45) is 0.739. The molecule has 0 spiro atoms. The largest absolute Gasteiger partial charge is 0.481 e. The molecule has 0 heterocycles. The van der Waals surface area contributed by atoms with Crippen LogP contribution in [0.1, 0.15) is 27.2 Å². The van der Waals surface area contributed by atoms with E-state index in [4.69, 9.17) is 5.11 Å². The molecule has 0 unspecified atom stereocenters. The average molecular weight is 281 g/mol. The van der Waals surface area contributed by atoms with Gasteiger partial charge in [0, 0.05) is 10.3 Å². The highest BCUT2D eigenvalue weighted by Crippen LogP contribution is 2.29. The fourth-order valence-corrected chi connectivity index (χ4v) is 2.02. The second-order valence-corrected chi connectivity index (χ2v) is 5.89. The molecule has 5 heteroatoms. The van der Waals surface area contributed by atoms with E-state index in [-0.39, 0.29) is 11.7 Å². The first-order valence-corrected chi connectivity index (χ1v) is 7.10. The van der Waals surface area contributed by atoms with Gasteiger partial charge in [-0.3, -0.25) is 9.59 Å². The zero-order valence-corrected chi connectivity index (χ0v) is 12.2. The molecule has 0 saturated carbocycles. The molecule has 0 atom stereocenters. The van der Waals surface area contributed by atoms with Crippen molar-refractivity contribution in [2.75, 3.05) is 11.1 Å². The number of rotatable bonds is 6. The minimum absolute atomic E-state index is 0.0238. The molecule has 0 bridgehead atoms. The summed E-state index contributed by atoms with van der Waals surface area (Å²) in [6.45, 7) is 5.73. The number of carboxylic acids is 1. The molecule has 2 N–H and O–H groups in total. The van der Waals surface area contributed by atoms with Crippen LogP contribution in [-0.2, 0) is 9.59 Å². The number of hydrogen-bond donors (Lipinski definition) is 2. The number of benzene rings is 1. The van der Waals surface area contributed by atoms with Crippen molar-refractivity contribution >= 4 is 29.3 Å². The minimum Gasteiger partial charge on any atom is -0.481 e. The third-order valence-electron chi connectivity index (χ3n) is 2.98. The number of carboxylic acid groups (broad SMARTS) is 1. The Balaban J connectivity index is 2.83. The molecule has 1 aromatic rings. The van der Waals surface area contributed by atoms with Crippen LogP contribution >= 0.6 is 11.8 Å². The lowest BCUT2D eigenvalue weighted by molar-refractivity contribution is -0.134. The Kier molecular flexibility index (Phi) is 5.42.